The maximum absolute atomic E-state index is 12.5. The predicted octanol–water partition coefficient (Wildman–Crippen LogP) is -0.433. The highest BCUT2D eigenvalue weighted by Crippen LogP contribution is 2.23. The monoisotopic (exact) mass is 353 g/mol. The van der Waals surface area contributed by atoms with Crippen LogP contribution in [-0.2, 0) is 0 Å². The molecule has 4 N–H and O–H groups in total. The molecule has 1 aliphatic heterocycles. The number of rotatable bonds is 8. The number of amides is 1. The van der Waals surface area contributed by atoms with Crippen molar-refractivity contribution in [2.24, 2.45) is 5.92 Å². The van der Waals surface area contributed by atoms with Gasteiger partial charge in [0.2, 0.25) is 5.43 Å². The van der Waals surface area contributed by atoms with Crippen molar-refractivity contribution in [2.75, 3.05) is 33.4 Å². The van der Waals surface area contributed by atoms with Crippen LogP contribution in [0, 0.1) is 5.92 Å². The van der Waals surface area contributed by atoms with Gasteiger partial charge in [0.05, 0.1) is 26.4 Å². The first-order valence-electron chi connectivity index (χ1n) is 8.57. The van der Waals surface area contributed by atoms with Gasteiger partial charge >= 0.3 is 0 Å². The lowest BCUT2D eigenvalue weighted by atomic mass is 9.98. The quantitative estimate of drug-likeness (QED) is 0.504. The fourth-order valence-electron chi connectivity index (χ4n) is 3.31. The topological polar surface area (TPSA) is 115 Å². The van der Waals surface area contributed by atoms with E-state index in [2.05, 4.69) is 17.2 Å². The van der Waals surface area contributed by atoms with Crippen LogP contribution in [0.1, 0.15) is 30.3 Å². The standard InChI is InChI=1S/C17H27N3O5/c1-3-4-11-7-20(12(9-21)10-22)8-14(11)19-17(24)13-5-15(23)16(25-2)6-18-13/h5-6,11-12,14,21-22H,3-4,7-10H2,1-2H3,(H,18,23)(H,19,24)/t11-,14-/m0/s1. The lowest BCUT2D eigenvalue weighted by molar-refractivity contribution is 0.0853. The van der Waals surface area contributed by atoms with E-state index < -0.39 is 0 Å². The van der Waals surface area contributed by atoms with Gasteiger partial charge in [-0.05, 0) is 12.3 Å². The molecule has 140 valence electrons. The smallest absolute Gasteiger partial charge is 0.268 e. The normalized spacial score (nSPS) is 20.8. The number of aliphatic hydroxyl groups excluding tert-OH is 2. The second kappa shape index (κ2) is 8.98. The highest BCUT2D eigenvalue weighted by Gasteiger charge is 2.36. The highest BCUT2D eigenvalue weighted by molar-refractivity contribution is 5.92. The van der Waals surface area contributed by atoms with Crippen LogP contribution in [0.5, 0.6) is 5.75 Å². The summed E-state index contributed by atoms with van der Waals surface area (Å²) in [6.07, 6.45) is 3.28. The number of nitrogens with zero attached hydrogens (tertiary/aromatic N) is 1. The molecule has 1 aliphatic rings. The Hall–Kier alpha value is -1.90. The van der Waals surface area contributed by atoms with Gasteiger partial charge in [-0.25, -0.2) is 0 Å². The predicted molar refractivity (Wildman–Crippen MR) is 92.8 cm³/mol. The first kappa shape index (κ1) is 19.4. The van der Waals surface area contributed by atoms with Gasteiger partial charge in [0.15, 0.2) is 5.75 Å². The van der Waals surface area contributed by atoms with Gasteiger partial charge in [0.25, 0.3) is 5.91 Å². The summed E-state index contributed by atoms with van der Waals surface area (Å²) in [5, 5.41) is 21.7. The van der Waals surface area contributed by atoms with Crippen molar-refractivity contribution in [2.45, 2.75) is 31.8 Å². The molecular weight excluding hydrogens is 326 g/mol. The highest BCUT2D eigenvalue weighted by atomic mass is 16.5. The molecule has 2 atom stereocenters. The van der Waals surface area contributed by atoms with Crippen molar-refractivity contribution < 1.29 is 19.7 Å². The van der Waals surface area contributed by atoms with E-state index in [1.807, 2.05) is 4.90 Å². The van der Waals surface area contributed by atoms with Gasteiger partial charge in [0.1, 0.15) is 5.69 Å². The molecule has 0 radical (unpaired) electrons. The Labute approximate surface area is 146 Å². The summed E-state index contributed by atoms with van der Waals surface area (Å²) in [5.74, 6) is 0.0398. The number of H-pyrrole nitrogens is 1. The van der Waals surface area contributed by atoms with E-state index in [4.69, 9.17) is 4.74 Å². The molecule has 1 saturated heterocycles. The van der Waals surface area contributed by atoms with Crippen molar-refractivity contribution in [3.8, 4) is 5.75 Å². The molecule has 1 aromatic rings. The van der Waals surface area contributed by atoms with Gasteiger partial charge in [-0.15, -0.1) is 0 Å². The van der Waals surface area contributed by atoms with Crippen LogP contribution in [0.15, 0.2) is 17.1 Å². The largest absolute Gasteiger partial charge is 0.491 e. The average Bonchev–Trinajstić information content (AvgIpc) is 2.98. The zero-order chi connectivity index (χ0) is 18.4. The molecule has 0 unspecified atom stereocenters. The fraction of sp³-hybridized carbons (Fsp3) is 0.647. The molecule has 1 amide bonds. The molecule has 0 aliphatic carbocycles. The minimum atomic E-state index is -0.356. The molecular formula is C17H27N3O5. The third-order valence-corrected chi connectivity index (χ3v) is 4.72. The second-order valence-electron chi connectivity index (χ2n) is 6.38. The maximum Gasteiger partial charge on any atom is 0.268 e. The van der Waals surface area contributed by atoms with E-state index >= 15 is 0 Å². The van der Waals surface area contributed by atoms with Crippen LogP contribution in [0.3, 0.4) is 0 Å². The number of aromatic amines is 1. The summed E-state index contributed by atoms with van der Waals surface area (Å²) in [5.41, 5.74) is -0.175. The van der Waals surface area contributed by atoms with Crippen LogP contribution in [0.4, 0.5) is 0 Å². The fourth-order valence-corrected chi connectivity index (χ4v) is 3.31. The van der Waals surface area contributed by atoms with Gasteiger partial charge in [0, 0.05) is 31.4 Å². The number of hydrogen-bond donors (Lipinski definition) is 4. The van der Waals surface area contributed by atoms with Gasteiger partial charge in [-0.2, -0.15) is 0 Å². The lowest BCUT2D eigenvalue weighted by Gasteiger charge is -2.24. The molecule has 0 bridgehead atoms. The molecule has 0 saturated carbocycles. The Balaban J connectivity index is 2.09. The Kier molecular flexibility index (Phi) is 6.98. The molecule has 25 heavy (non-hydrogen) atoms. The average molecular weight is 353 g/mol. The lowest BCUT2D eigenvalue weighted by Crippen LogP contribution is -2.43. The van der Waals surface area contributed by atoms with E-state index in [-0.39, 0.29) is 54.0 Å². The Morgan fingerprint density at radius 1 is 1.44 bits per heavy atom. The molecule has 2 rings (SSSR count). The first-order valence-corrected chi connectivity index (χ1v) is 8.57. The van der Waals surface area contributed by atoms with Crippen LogP contribution < -0.4 is 15.5 Å². The van der Waals surface area contributed by atoms with Gasteiger partial charge in [-0.1, -0.05) is 13.3 Å². The SMILES string of the molecule is CCC[C@H]1CN(C(CO)CO)C[C@@H]1NC(=O)c1cc(=O)c(OC)c[nH]1. The number of ether oxygens (including phenoxy) is 1. The molecule has 0 aromatic carbocycles. The number of carbonyl (C=O) groups is 1. The number of carbonyl (C=O) groups excluding carboxylic acids is 1. The number of methoxy groups -OCH3 is 1. The molecule has 8 heteroatoms. The third-order valence-electron chi connectivity index (χ3n) is 4.72. The zero-order valence-corrected chi connectivity index (χ0v) is 14.7. The minimum Gasteiger partial charge on any atom is -0.491 e. The van der Waals surface area contributed by atoms with E-state index in [1.165, 1.54) is 19.4 Å². The molecule has 1 fully saturated rings. The number of likely N-dealkylation sites (tertiary alicyclic amines) is 1. The summed E-state index contributed by atoms with van der Waals surface area (Å²) in [6, 6.07) is 0.806. The van der Waals surface area contributed by atoms with Crippen LogP contribution >= 0.6 is 0 Å². The number of aromatic nitrogens is 1. The summed E-state index contributed by atoms with van der Waals surface area (Å²) >= 11 is 0. The van der Waals surface area contributed by atoms with Crippen molar-refractivity contribution in [3.05, 3.63) is 28.2 Å². The molecule has 2 heterocycles. The van der Waals surface area contributed by atoms with Gasteiger partial charge in [-0.3, -0.25) is 14.5 Å². The van der Waals surface area contributed by atoms with Crippen molar-refractivity contribution in [3.63, 3.8) is 0 Å². The van der Waals surface area contributed by atoms with Crippen molar-refractivity contribution in [1.29, 1.82) is 0 Å². The van der Waals surface area contributed by atoms with E-state index in [1.54, 1.807) is 0 Å². The summed E-state index contributed by atoms with van der Waals surface area (Å²) in [4.78, 5) is 29.1. The van der Waals surface area contributed by atoms with Gasteiger partial charge < -0.3 is 25.3 Å². The Morgan fingerprint density at radius 2 is 2.16 bits per heavy atom. The van der Waals surface area contributed by atoms with E-state index in [0.29, 0.717) is 13.1 Å². The van der Waals surface area contributed by atoms with E-state index in [9.17, 15) is 19.8 Å². The molecule has 0 spiro atoms. The Bertz CT molecular complexity index is 629. The van der Waals surface area contributed by atoms with Crippen molar-refractivity contribution in [1.82, 2.24) is 15.2 Å². The summed E-state index contributed by atoms with van der Waals surface area (Å²) in [6.45, 7) is 3.11. The number of aliphatic hydroxyl groups is 2. The van der Waals surface area contributed by atoms with Crippen LogP contribution in [0.2, 0.25) is 0 Å². The van der Waals surface area contributed by atoms with E-state index in [0.717, 1.165) is 12.8 Å². The molecule has 1 aromatic heterocycles. The summed E-state index contributed by atoms with van der Waals surface area (Å²) in [7, 11) is 1.39. The zero-order valence-electron chi connectivity index (χ0n) is 14.7. The Morgan fingerprint density at radius 3 is 2.72 bits per heavy atom. The first-order chi connectivity index (χ1) is 12.0. The minimum absolute atomic E-state index is 0.0985. The second-order valence-corrected chi connectivity index (χ2v) is 6.38. The molecule has 8 nitrogen and oxygen atoms in total. The maximum atomic E-state index is 12.5. The number of nitrogens with one attached hydrogen (secondary N) is 2. The van der Waals surface area contributed by atoms with Crippen LogP contribution in [-0.4, -0.2) is 71.5 Å². The number of hydrogen-bond acceptors (Lipinski definition) is 6. The number of pyridine rings is 1. The third kappa shape index (κ3) is 4.59. The van der Waals surface area contributed by atoms with Crippen molar-refractivity contribution >= 4 is 5.91 Å². The summed E-state index contributed by atoms with van der Waals surface area (Å²) < 4.78 is 4.90. The van der Waals surface area contributed by atoms with Crippen LogP contribution in [0.25, 0.3) is 0 Å².